The lowest BCUT2D eigenvalue weighted by molar-refractivity contribution is 1.32. The molecule has 7 heavy (non-hydrogen) atoms. The summed E-state index contributed by atoms with van der Waals surface area (Å²) in [6, 6.07) is 0. The van der Waals surface area contributed by atoms with Crippen LogP contribution in [0.15, 0.2) is 6.08 Å². The molecule has 0 saturated heterocycles. The Morgan fingerprint density at radius 1 is 1.57 bits per heavy atom. The summed E-state index contributed by atoms with van der Waals surface area (Å²) in [6.07, 6.45) is 2.70. The molecular formula is C5H8N2-2. The number of nitrogens with one attached hydrogen (secondary N) is 1. The Hall–Kier alpha value is -0.630. The first kappa shape index (κ1) is 6.37. The average molecular weight is 96.1 g/mol. The first-order valence-electron chi connectivity index (χ1n) is 2.07. The second kappa shape index (κ2) is 5.37. The summed E-state index contributed by atoms with van der Waals surface area (Å²) >= 11 is 0. The number of nitrogens with zero attached hydrogens (tertiary/aromatic N) is 1. The minimum absolute atomic E-state index is 0.480. The lowest BCUT2D eigenvalue weighted by Crippen LogP contribution is -1.83. The molecule has 0 fully saturated rings. The molecule has 0 atom stereocenters. The molecule has 2 heteroatoms. The van der Waals surface area contributed by atoms with E-state index in [1.807, 2.05) is 0 Å². The van der Waals surface area contributed by atoms with E-state index >= 15 is 0 Å². The molecule has 0 aromatic heterocycles. The molecule has 0 aromatic carbocycles. The maximum absolute atomic E-state index is 6.51. The SMILES string of the molecule is [CH-]=CC[N-]CC=N. The summed E-state index contributed by atoms with van der Waals surface area (Å²) in [6.45, 7) is 6.01. The van der Waals surface area contributed by atoms with Crippen LogP contribution in [0, 0.1) is 12.0 Å². The quantitative estimate of drug-likeness (QED) is 0.308. The van der Waals surface area contributed by atoms with Crippen molar-refractivity contribution >= 4 is 6.21 Å². The van der Waals surface area contributed by atoms with Gasteiger partial charge in [-0.05, 0) is 6.21 Å². The van der Waals surface area contributed by atoms with Gasteiger partial charge in [0.05, 0.1) is 0 Å². The average Bonchev–Trinajstić information content (AvgIpc) is 1.69. The summed E-state index contributed by atoms with van der Waals surface area (Å²) in [5.41, 5.74) is 0. The highest BCUT2D eigenvalue weighted by Crippen LogP contribution is 1.79. The van der Waals surface area contributed by atoms with Crippen LogP contribution in [-0.2, 0) is 0 Å². The summed E-state index contributed by atoms with van der Waals surface area (Å²) < 4.78 is 0. The maximum atomic E-state index is 6.51. The first-order chi connectivity index (χ1) is 3.41. The van der Waals surface area contributed by atoms with Gasteiger partial charge in [-0.1, -0.05) is 0 Å². The molecule has 1 N–H and O–H groups in total. The van der Waals surface area contributed by atoms with E-state index in [9.17, 15) is 0 Å². The lowest BCUT2D eigenvalue weighted by Gasteiger charge is -2.12. The predicted octanol–water partition coefficient (Wildman–Crippen LogP) is 0.999. The van der Waals surface area contributed by atoms with Crippen molar-refractivity contribution in [2.75, 3.05) is 13.1 Å². The van der Waals surface area contributed by atoms with E-state index in [4.69, 9.17) is 12.0 Å². The van der Waals surface area contributed by atoms with E-state index in [1.165, 1.54) is 12.3 Å². The number of hydrogen-bond acceptors (Lipinski definition) is 1. The van der Waals surface area contributed by atoms with E-state index < -0.39 is 0 Å². The van der Waals surface area contributed by atoms with Crippen LogP contribution in [-0.4, -0.2) is 19.3 Å². The predicted molar refractivity (Wildman–Crippen MR) is 30.7 cm³/mol. The standard InChI is InChI=1S/C5H8N2/c1-2-4-7-5-3-6/h1-3,6H,4-5H2/q-2. The fraction of sp³-hybridized carbons (Fsp3) is 0.400. The third-order valence-electron chi connectivity index (χ3n) is 0.455. The molecule has 0 spiro atoms. The molecule has 0 aliphatic heterocycles. The zero-order valence-corrected chi connectivity index (χ0v) is 4.09. The zero-order chi connectivity index (χ0) is 5.54. The Bertz CT molecular complexity index is 51.1. The largest absolute Gasteiger partial charge is 0.657 e. The van der Waals surface area contributed by atoms with Crippen LogP contribution >= 0.6 is 0 Å². The smallest absolute Gasteiger partial charge is 0.0253 e. The molecule has 0 rings (SSSR count). The third-order valence-corrected chi connectivity index (χ3v) is 0.455. The Kier molecular flexibility index (Phi) is 4.89. The van der Waals surface area contributed by atoms with Gasteiger partial charge in [0.2, 0.25) is 0 Å². The van der Waals surface area contributed by atoms with E-state index in [0.717, 1.165) is 0 Å². The lowest BCUT2D eigenvalue weighted by atomic mass is 10.6. The molecule has 0 heterocycles. The van der Waals surface area contributed by atoms with Crippen molar-refractivity contribution in [2.45, 2.75) is 0 Å². The molecule has 0 unspecified atom stereocenters. The Morgan fingerprint density at radius 3 is 2.71 bits per heavy atom. The molecule has 0 bridgehead atoms. The summed E-state index contributed by atoms with van der Waals surface area (Å²) in [7, 11) is 0. The van der Waals surface area contributed by atoms with Crippen molar-refractivity contribution in [3.8, 4) is 0 Å². The van der Waals surface area contributed by atoms with Crippen LogP contribution in [0.3, 0.4) is 0 Å². The first-order valence-corrected chi connectivity index (χ1v) is 2.07. The van der Waals surface area contributed by atoms with E-state index in [-0.39, 0.29) is 0 Å². The van der Waals surface area contributed by atoms with E-state index in [0.29, 0.717) is 13.1 Å². The maximum Gasteiger partial charge on any atom is -0.0253 e. The molecule has 0 aliphatic carbocycles. The van der Waals surface area contributed by atoms with Crippen molar-refractivity contribution in [2.24, 2.45) is 0 Å². The minimum atomic E-state index is 0.480. The van der Waals surface area contributed by atoms with E-state index in [2.05, 4.69) is 5.32 Å². The fourth-order valence-corrected chi connectivity index (χ4v) is 0.214. The molecule has 0 amide bonds. The van der Waals surface area contributed by atoms with Gasteiger partial charge in [0.1, 0.15) is 0 Å². The number of hydrogen-bond donors (Lipinski definition) is 1. The highest BCUT2D eigenvalue weighted by atomic mass is 14.8. The third kappa shape index (κ3) is 5.37. The highest BCUT2D eigenvalue weighted by molar-refractivity contribution is 5.58. The fourth-order valence-electron chi connectivity index (χ4n) is 0.214. The van der Waals surface area contributed by atoms with Gasteiger partial charge in [0.25, 0.3) is 0 Å². The van der Waals surface area contributed by atoms with E-state index in [1.54, 1.807) is 0 Å². The Morgan fingerprint density at radius 2 is 2.29 bits per heavy atom. The summed E-state index contributed by atoms with van der Waals surface area (Å²) in [5, 5.41) is 10.3. The molecule has 0 radical (unpaired) electrons. The number of rotatable bonds is 4. The Balaban J connectivity index is 2.68. The van der Waals surface area contributed by atoms with Crippen LogP contribution in [0.4, 0.5) is 0 Å². The van der Waals surface area contributed by atoms with Gasteiger partial charge >= 0.3 is 0 Å². The molecule has 0 saturated carbocycles. The van der Waals surface area contributed by atoms with Crippen LogP contribution in [0.5, 0.6) is 0 Å². The second-order valence-corrected chi connectivity index (χ2v) is 1.03. The molecule has 2 nitrogen and oxygen atoms in total. The van der Waals surface area contributed by atoms with Gasteiger partial charge in [-0.25, -0.2) is 0 Å². The molecule has 40 valence electrons. The topological polar surface area (TPSA) is 38.0 Å². The van der Waals surface area contributed by atoms with Crippen molar-refractivity contribution in [1.29, 1.82) is 5.41 Å². The van der Waals surface area contributed by atoms with Crippen LogP contribution in [0.1, 0.15) is 0 Å². The highest BCUT2D eigenvalue weighted by Gasteiger charge is 1.51. The molecular weight excluding hydrogens is 88.1 g/mol. The second-order valence-electron chi connectivity index (χ2n) is 1.03. The van der Waals surface area contributed by atoms with Gasteiger partial charge in [0.15, 0.2) is 0 Å². The van der Waals surface area contributed by atoms with Crippen LogP contribution in [0.2, 0.25) is 0 Å². The minimum Gasteiger partial charge on any atom is -0.657 e. The van der Waals surface area contributed by atoms with Gasteiger partial charge in [-0.3, -0.25) is 6.08 Å². The zero-order valence-electron chi connectivity index (χ0n) is 4.09. The monoisotopic (exact) mass is 96.1 g/mol. The summed E-state index contributed by atoms with van der Waals surface area (Å²) in [5.74, 6) is 0. The van der Waals surface area contributed by atoms with Crippen molar-refractivity contribution in [1.82, 2.24) is 0 Å². The van der Waals surface area contributed by atoms with Crippen molar-refractivity contribution in [3.63, 3.8) is 0 Å². The molecule has 0 aliphatic rings. The van der Waals surface area contributed by atoms with Gasteiger partial charge in [-0.2, -0.15) is 6.54 Å². The summed E-state index contributed by atoms with van der Waals surface area (Å²) in [4.78, 5) is 0. The van der Waals surface area contributed by atoms with Crippen LogP contribution in [0.25, 0.3) is 5.32 Å². The van der Waals surface area contributed by atoms with Crippen molar-refractivity contribution < 1.29 is 0 Å². The van der Waals surface area contributed by atoms with Crippen molar-refractivity contribution in [3.05, 3.63) is 18.0 Å². The van der Waals surface area contributed by atoms with Gasteiger partial charge < -0.3 is 17.3 Å². The Labute approximate surface area is 43.7 Å². The van der Waals surface area contributed by atoms with Gasteiger partial charge in [0, 0.05) is 0 Å². The van der Waals surface area contributed by atoms with Gasteiger partial charge in [-0.15, -0.1) is 6.54 Å². The van der Waals surface area contributed by atoms with Crippen LogP contribution < -0.4 is 0 Å². The molecule has 0 aromatic rings. The normalized spacial score (nSPS) is 8.00.